The molecule has 0 amide bonds. The fraction of sp³-hybridized carbons (Fsp3) is 0. The van der Waals surface area contributed by atoms with E-state index < -0.39 is 0 Å². The number of hydrogen-bond acceptors (Lipinski definition) is 2. The van der Waals surface area contributed by atoms with Crippen LogP contribution in [0.3, 0.4) is 0 Å². The Balaban J connectivity index is 1.23. The standard InChI is InChI=1S/C48H29NOS/c1-3-13-30(14-4-1)32-25-28-42-40(29-32)34-17-7-9-22-41(34)49(42)43-23-12-21-39-45-36(27-26-33(48(45)51-47(39)43)31-15-5-2-6-16-31)38-20-11-19-37-35-18-8-10-24-44(35)50-46(37)38/h1-29H. The van der Waals surface area contributed by atoms with E-state index in [1.807, 2.05) is 17.4 Å². The highest BCUT2D eigenvalue weighted by molar-refractivity contribution is 7.27. The van der Waals surface area contributed by atoms with Crippen LogP contribution in [-0.4, -0.2) is 4.57 Å². The molecule has 0 aliphatic heterocycles. The number of aromatic nitrogens is 1. The van der Waals surface area contributed by atoms with Crippen molar-refractivity contribution in [3.05, 3.63) is 176 Å². The molecular weight excluding hydrogens is 639 g/mol. The summed E-state index contributed by atoms with van der Waals surface area (Å²) in [6.07, 6.45) is 0. The molecule has 0 saturated carbocycles. The highest BCUT2D eigenvalue weighted by atomic mass is 32.1. The highest BCUT2D eigenvalue weighted by Crippen LogP contribution is 2.49. The molecule has 238 valence electrons. The van der Waals surface area contributed by atoms with Crippen LogP contribution in [0.1, 0.15) is 0 Å². The lowest BCUT2D eigenvalue weighted by Crippen LogP contribution is -1.93. The molecule has 11 aromatic rings. The van der Waals surface area contributed by atoms with E-state index >= 15 is 0 Å². The fourth-order valence-corrected chi connectivity index (χ4v) is 9.50. The highest BCUT2D eigenvalue weighted by Gasteiger charge is 2.22. The smallest absolute Gasteiger partial charge is 0.143 e. The predicted octanol–water partition coefficient (Wildman–Crippen LogP) is 14.1. The lowest BCUT2D eigenvalue weighted by molar-refractivity contribution is 0.670. The van der Waals surface area contributed by atoms with Crippen molar-refractivity contribution in [3.63, 3.8) is 0 Å². The minimum Gasteiger partial charge on any atom is -0.455 e. The van der Waals surface area contributed by atoms with E-state index in [1.165, 1.54) is 75.5 Å². The number of thiophene rings is 1. The van der Waals surface area contributed by atoms with E-state index in [-0.39, 0.29) is 0 Å². The summed E-state index contributed by atoms with van der Waals surface area (Å²) >= 11 is 1.89. The molecule has 51 heavy (non-hydrogen) atoms. The third-order valence-corrected chi connectivity index (χ3v) is 11.7. The molecule has 0 aliphatic carbocycles. The first-order chi connectivity index (χ1) is 25.3. The molecular formula is C48H29NOS. The van der Waals surface area contributed by atoms with Gasteiger partial charge in [-0.15, -0.1) is 11.3 Å². The summed E-state index contributed by atoms with van der Waals surface area (Å²) in [5.41, 5.74) is 12.7. The number of nitrogens with zero attached hydrogens (tertiary/aromatic N) is 1. The zero-order valence-electron chi connectivity index (χ0n) is 27.5. The maximum Gasteiger partial charge on any atom is 0.143 e. The zero-order chi connectivity index (χ0) is 33.5. The Morgan fingerprint density at radius 1 is 0.392 bits per heavy atom. The molecule has 3 heteroatoms. The third-order valence-electron chi connectivity index (χ3n) is 10.4. The molecule has 0 unspecified atom stereocenters. The summed E-state index contributed by atoms with van der Waals surface area (Å²) in [4.78, 5) is 0. The molecule has 0 saturated heterocycles. The number of furan rings is 1. The molecule has 0 aliphatic rings. The lowest BCUT2D eigenvalue weighted by atomic mass is 9.94. The molecule has 11 rings (SSSR count). The van der Waals surface area contributed by atoms with Crippen LogP contribution in [0.4, 0.5) is 0 Å². The number of para-hydroxylation sites is 3. The van der Waals surface area contributed by atoms with Gasteiger partial charge in [-0.05, 0) is 58.1 Å². The fourth-order valence-electron chi connectivity index (χ4n) is 8.13. The topological polar surface area (TPSA) is 18.1 Å². The normalized spacial score (nSPS) is 11.9. The number of rotatable bonds is 4. The maximum absolute atomic E-state index is 6.61. The maximum atomic E-state index is 6.61. The van der Waals surface area contributed by atoms with Crippen molar-refractivity contribution in [2.24, 2.45) is 0 Å². The Kier molecular flexibility index (Phi) is 6.16. The van der Waals surface area contributed by atoms with Gasteiger partial charge < -0.3 is 8.98 Å². The van der Waals surface area contributed by atoms with E-state index in [2.05, 4.69) is 174 Å². The molecule has 3 heterocycles. The number of benzene rings is 8. The summed E-state index contributed by atoms with van der Waals surface area (Å²) in [5, 5.41) is 7.31. The largest absolute Gasteiger partial charge is 0.455 e. The second kappa shape index (κ2) is 11.0. The van der Waals surface area contributed by atoms with Gasteiger partial charge in [0.2, 0.25) is 0 Å². The van der Waals surface area contributed by atoms with Gasteiger partial charge in [0.1, 0.15) is 11.2 Å². The predicted molar refractivity (Wildman–Crippen MR) is 217 cm³/mol. The Bertz CT molecular complexity index is 3130. The summed E-state index contributed by atoms with van der Waals surface area (Å²) in [6, 6.07) is 63.5. The van der Waals surface area contributed by atoms with Crippen LogP contribution in [0.2, 0.25) is 0 Å². The molecule has 0 bridgehead atoms. The van der Waals surface area contributed by atoms with E-state index in [9.17, 15) is 0 Å². The van der Waals surface area contributed by atoms with Crippen LogP contribution in [0.25, 0.3) is 103 Å². The molecule has 8 aromatic carbocycles. The quantitative estimate of drug-likeness (QED) is 0.183. The Hall–Kier alpha value is -6.42. The summed E-state index contributed by atoms with van der Waals surface area (Å²) in [7, 11) is 0. The van der Waals surface area contributed by atoms with Crippen LogP contribution in [0.15, 0.2) is 180 Å². The minimum atomic E-state index is 0.913. The first kappa shape index (κ1) is 28.4. The average molecular weight is 668 g/mol. The Labute approximate surface area is 298 Å². The van der Waals surface area contributed by atoms with Crippen molar-refractivity contribution in [2.75, 3.05) is 0 Å². The van der Waals surface area contributed by atoms with Crippen molar-refractivity contribution in [2.45, 2.75) is 0 Å². The summed E-state index contributed by atoms with van der Waals surface area (Å²) < 4.78 is 11.6. The lowest BCUT2D eigenvalue weighted by Gasteiger charge is -2.11. The van der Waals surface area contributed by atoms with E-state index in [0.717, 1.165) is 27.5 Å². The van der Waals surface area contributed by atoms with E-state index in [1.54, 1.807) is 0 Å². The van der Waals surface area contributed by atoms with Crippen LogP contribution >= 0.6 is 11.3 Å². The van der Waals surface area contributed by atoms with Gasteiger partial charge in [0.25, 0.3) is 0 Å². The number of fused-ring (bicyclic) bond motifs is 9. The first-order valence-corrected chi connectivity index (χ1v) is 18.2. The Morgan fingerprint density at radius 3 is 1.92 bits per heavy atom. The van der Waals surface area contributed by atoms with Gasteiger partial charge in [0.05, 0.1) is 21.4 Å². The van der Waals surface area contributed by atoms with Crippen LogP contribution < -0.4 is 0 Å². The molecule has 0 atom stereocenters. The molecule has 0 N–H and O–H groups in total. The minimum absolute atomic E-state index is 0.913. The van der Waals surface area contributed by atoms with Crippen LogP contribution in [-0.2, 0) is 0 Å². The summed E-state index contributed by atoms with van der Waals surface area (Å²) in [5.74, 6) is 0. The van der Waals surface area contributed by atoms with E-state index in [4.69, 9.17) is 4.42 Å². The van der Waals surface area contributed by atoms with Crippen molar-refractivity contribution in [3.8, 4) is 39.1 Å². The first-order valence-electron chi connectivity index (χ1n) is 17.4. The van der Waals surface area contributed by atoms with E-state index in [0.29, 0.717) is 0 Å². The molecule has 0 fully saturated rings. The van der Waals surface area contributed by atoms with Crippen molar-refractivity contribution < 1.29 is 4.42 Å². The van der Waals surface area contributed by atoms with Gasteiger partial charge in [0, 0.05) is 42.6 Å². The van der Waals surface area contributed by atoms with Crippen LogP contribution in [0.5, 0.6) is 0 Å². The van der Waals surface area contributed by atoms with Crippen LogP contribution in [0, 0.1) is 0 Å². The molecule has 2 nitrogen and oxygen atoms in total. The second-order valence-electron chi connectivity index (χ2n) is 13.2. The number of hydrogen-bond donors (Lipinski definition) is 0. The van der Waals surface area contributed by atoms with Crippen molar-refractivity contribution in [1.82, 2.24) is 4.57 Å². The monoisotopic (exact) mass is 667 g/mol. The zero-order valence-corrected chi connectivity index (χ0v) is 28.3. The van der Waals surface area contributed by atoms with Gasteiger partial charge in [-0.25, -0.2) is 0 Å². The van der Waals surface area contributed by atoms with Gasteiger partial charge in [-0.1, -0.05) is 146 Å². The van der Waals surface area contributed by atoms with Gasteiger partial charge in [-0.3, -0.25) is 0 Å². The molecule has 0 spiro atoms. The second-order valence-corrected chi connectivity index (χ2v) is 14.2. The van der Waals surface area contributed by atoms with Gasteiger partial charge in [0.15, 0.2) is 0 Å². The summed E-state index contributed by atoms with van der Waals surface area (Å²) in [6.45, 7) is 0. The molecule has 3 aromatic heterocycles. The SMILES string of the molecule is c1ccc(-c2ccc3c(c2)c2ccccc2n3-c2cccc3c2sc2c(-c4ccccc4)ccc(-c4cccc5c4oc4ccccc45)c23)cc1. The Morgan fingerprint density at radius 2 is 1.06 bits per heavy atom. The molecule has 0 radical (unpaired) electrons. The van der Waals surface area contributed by atoms with Gasteiger partial charge in [-0.2, -0.15) is 0 Å². The third kappa shape index (κ3) is 4.22. The van der Waals surface area contributed by atoms with Gasteiger partial charge >= 0.3 is 0 Å². The van der Waals surface area contributed by atoms with Crippen molar-refractivity contribution >= 4 is 75.3 Å². The average Bonchev–Trinajstić information content (AvgIpc) is 3.88. The van der Waals surface area contributed by atoms with Crippen molar-refractivity contribution in [1.29, 1.82) is 0 Å².